The number of aromatic nitrogens is 4. The molecule has 0 fully saturated rings. The molecule has 0 aliphatic carbocycles. The normalized spacial score (nSPS) is 12.5. The summed E-state index contributed by atoms with van der Waals surface area (Å²) >= 11 is 0. The number of nitrogens with zero attached hydrogens (tertiary/aromatic N) is 9. The molecule has 5 aromatic carbocycles. The van der Waals surface area contributed by atoms with Crippen LogP contribution in [0.15, 0.2) is 201 Å². The van der Waals surface area contributed by atoms with Crippen LogP contribution in [0.3, 0.4) is 0 Å². The van der Waals surface area contributed by atoms with Gasteiger partial charge in [-0.3, -0.25) is 19.9 Å². The number of anilines is 8. The summed E-state index contributed by atoms with van der Waals surface area (Å²) in [7, 11) is 0. The number of hydrogen-bond acceptors (Lipinski definition) is 9. The van der Waals surface area contributed by atoms with Crippen LogP contribution in [0, 0.1) is 31.2 Å². The molecule has 0 radical (unpaired) electrons. The summed E-state index contributed by atoms with van der Waals surface area (Å²) in [5.41, 5.74) is 15.5. The van der Waals surface area contributed by atoms with E-state index in [1.54, 1.807) is 0 Å². The summed E-state index contributed by atoms with van der Waals surface area (Å²) in [5.74, 6) is 0. The molecule has 0 atom stereocenters. The van der Waals surface area contributed by atoms with E-state index in [0.717, 1.165) is 90.5 Å². The first-order valence-corrected chi connectivity index (χ1v) is 20.0. The van der Waals surface area contributed by atoms with Gasteiger partial charge in [0.1, 0.15) is 0 Å². The Morgan fingerprint density at radius 3 is 0.937 bits per heavy atom. The van der Waals surface area contributed by atoms with Gasteiger partial charge in [0.15, 0.2) is 0 Å². The van der Waals surface area contributed by atoms with E-state index in [4.69, 9.17) is 31.8 Å². The van der Waals surface area contributed by atoms with Gasteiger partial charge in [0.25, 0.3) is 0 Å². The van der Waals surface area contributed by atoms with Crippen LogP contribution in [-0.2, 0) is 21.1 Å². The maximum atomic E-state index is 6.25. The summed E-state index contributed by atoms with van der Waals surface area (Å²) in [4.78, 5) is 28.1. The molecule has 302 valence electrons. The van der Waals surface area contributed by atoms with Crippen molar-refractivity contribution >= 4 is 45.5 Å². The van der Waals surface area contributed by atoms with E-state index in [0.29, 0.717) is 0 Å². The van der Waals surface area contributed by atoms with Gasteiger partial charge in [-0.2, -0.15) is 6.07 Å². The number of fused-ring (bicyclic) bond motifs is 2. The fraction of sp³-hybridized carbons (Fsp3) is 0. The van der Waals surface area contributed by atoms with Crippen molar-refractivity contribution in [3.8, 4) is 45.0 Å². The number of para-hydroxylation sites is 6. The fourth-order valence-corrected chi connectivity index (χ4v) is 8.21. The molecular formula is C53H35N9Pt. The fourth-order valence-electron chi connectivity index (χ4n) is 8.21. The Kier molecular flexibility index (Phi) is 11.5. The Morgan fingerprint density at radius 2 is 0.635 bits per heavy atom. The molecule has 0 unspecified atom stereocenters. The molecule has 9 aromatic rings. The van der Waals surface area contributed by atoms with E-state index in [1.807, 2.05) is 73.3 Å². The van der Waals surface area contributed by atoms with Crippen LogP contribution in [0.4, 0.5) is 45.5 Å². The van der Waals surface area contributed by atoms with E-state index in [9.17, 15) is 0 Å². The molecule has 0 saturated carbocycles. The standard InChI is InChI=1S/C52H35N8.CN.Pt/c1-3-28-49-47(26-1)57(35-59(49)51-39(43-22-5-9-30-53-43)18-14-19-40(51)44-23-6-10-31-54-44)37-16-13-17-38(34-37)58-36-60(50-29-4-2-27-48(50)58)52-41(45-24-7-11-32-55-45)20-15-21-42(52)46-25-8-12-33-56-46;1-2;/h1-33,35-36H;;/q-3;-1;+4. The third-order valence-corrected chi connectivity index (χ3v) is 10.9. The molecular weight excluding hydrogens is 958 g/mol. The Bertz CT molecular complexity index is 2710. The molecule has 0 spiro atoms. The minimum atomic E-state index is 0. The van der Waals surface area contributed by atoms with Crippen molar-refractivity contribution < 1.29 is 21.1 Å². The van der Waals surface area contributed by atoms with Gasteiger partial charge in [0, 0.05) is 81.2 Å². The summed E-state index contributed by atoms with van der Waals surface area (Å²) in [6.07, 6.45) is 7.36. The van der Waals surface area contributed by atoms with Gasteiger partial charge < -0.3 is 31.4 Å². The predicted molar refractivity (Wildman–Crippen MR) is 246 cm³/mol. The molecule has 0 N–H and O–H groups in total. The monoisotopic (exact) mass is 992 g/mol. The maximum Gasteiger partial charge on any atom is 4.00 e. The molecule has 11 rings (SSSR count). The molecule has 0 bridgehead atoms. The predicted octanol–water partition coefficient (Wildman–Crippen LogP) is 12.6. The largest absolute Gasteiger partial charge is 4.00 e. The van der Waals surface area contributed by atoms with Crippen molar-refractivity contribution in [2.75, 3.05) is 19.6 Å². The Morgan fingerprint density at radius 1 is 0.349 bits per heavy atom. The molecule has 4 aromatic heterocycles. The van der Waals surface area contributed by atoms with E-state index in [-0.39, 0.29) is 21.1 Å². The van der Waals surface area contributed by atoms with Gasteiger partial charge >= 0.3 is 21.1 Å². The molecule has 9 nitrogen and oxygen atoms in total. The molecule has 10 heteroatoms. The van der Waals surface area contributed by atoms with Crippen molar-refractivity contribution in [2.45, 2.75) is 0 Å². The average molecular weight is 993 g/mol. The van der Waals surface area contributed by atoms with Gasteiger partial charge in [0.2, 0.25) is 0 Å². The first kappa shape index (κ1) is 40.5. The van der Waals surface area contributed by atoms with Crippen LogP contribution in [0.25, 0.3) is 45.0 Å². The zero-order valence-electron chi connectivity index (χ0n) is 33.5. The summed E-state index contributed by atoms with van der Waals surface area (Å²) < 4.78 is 0. The van der Waals surface area contributed by atoms with Gasteiger partial charge in [-0.1, -0.05) is 84.9 Å². The van der Waals surface area contributed by atoms with E-state index in [1.165, 1.54) is 0 Å². The third kappa shape index (κ3) is 7.47. The number of hydrogen-bond donors (Lipinski definition) is 0. The third-order valence-electron chi connectivity index (χ3n) is 10.9. The quantitative estimate of drug-likeness (QED) is 0.138. The van der Waals surface area contributed by atoms with E-state index >= 15 is 0 Å². The molecule has 2 aliphatic heterocycles. The number of pyridine rings is 4. The molecule has 63 heavy (non-hydrogen) atoms. The Labute approximate surface area is 381 Å². The maximum absolute atomic E-state index is 6.25. The van der Waals surface area contributed by atoms with Gasteiger partial charge in [-0.25, -0.2) is 0 Å². The van der Waals surface area contributed by atoms with Crippen molar-refractivity contribution in [1.29, 1.82) is 5.26 Å². The van der Waals surface area contributed by atoms with Crippen LogP contribution in [0.5, 0.6) is 0 Å². The van der Waals surface area contributed by atoms with Gasteiger partial charge in [-0.05, 0) is 72.8 Å². The van der Waals surface area contributed by atoms with Crippen LogP contribution >= 0.6 is 0 Å². The Balaban J connectivity index is 0.00000166. The average Bonchev–Trinajstić information content (AvgIpc) is 3.95. The SMILES string of the molecule is [C-]#N.[Pt+4].[c-]1c(N2[CH-]N(c3c(-c4ccccn4)cccc3-c3ccccn3)c3ccccc32)cccc1N1[CH-]N(c2c(-c3ccccn3)cccc2-c2ccccn2)c2ccccc21. The first-order valence-electron chi connectivity index (χ1n) is 20.0. The minimum absolute atomic E-state index is 0. The second-order valence-corrected chi connectivity index (χ2v) is 14.4. The van der Waals surface area contributed by atoms with E-state index in [2.05, 4.69) is 166 Å². The van der Waals surface area contributed by atoms with Crippen molar-refractivity contribution in [2.24, 2.45) is 0 Å². The zero-order valence-corrected chi connectivity index (χ0v) is 35.8. The Hall–Kier alpha value is -7.92. The smallest absolute Gasteiger partial charge is 0.512 e. The van der Waals surface area contributed by atoms with Gasteiger partial charge in [0.05, 0.1) is 22.8 Å². The summed E-state index contributed by atoms with van der Waals surface area (Å²) in [6, 6.07) is 63.9. The van der Waals surface area contributed by atoms with Gasteiger partial charge in [-0.15, -0.1) is 42.9 Å². The summed E-state index contributed by atoms with van der Waals surface area (Å²) in [5, 5.41) is 6.25. The zero-order chi connectivity index (χ0) is 41.8. The van der Waals surface area contributed by atoms with E-state index < -0.39 is 0 Å². The second-order valence-electron chi connectivity index (χ2n) is 14.4. The number of benzene rings is 5. The van der Waals surface area contributed by atoms with Crippen LogP contribution < -0.4 is 19.6 Å². The van der Waals surface area contributed by atoms with Crippen LogP contribution in [-0.4, -0.2) is 19.9 Å². The number of rotatable bonds is 8. The molecule has 0 saturated heterocycles. The second kappa shape index (κ2) is 18.0. The van der Waals surface area contributed by atoms with Crippen LogP contribution in [0.1, 0.15) is 0 Å². The topological polar surface area (TPSA) is 88.3 Å². The van der Waals surface area contributed by atoms with Crippen LogP contribution in [0.2, 0.25) is 0 Å². The molecule has 6 heterocycles. The van der Waals surface area contributed by atoms with Crippen molar-refractivity contribution in [3.63, 3.8) is 0 Å². The van der Waals surface area contributed by atoms with Crippen molar-refractivity contribution in [3.05, 3.63) is 227 Å². The first-order chi connectivity index (χ1) is 30.8. The van der Waals surface area contributed by atoms with Crippen molar-refractivity contribution in [1.82, 2.24) is 19.9 Å². The summed E-state index contributed by atoms with van der Waals surface area (Å²) in [6.45, 7) is 9.06. The molecule has 0 amide bonds. The minimum Gasteiger partial charge on any atom is -0.512 e. The molecule has 2 aliphatic rings.